The Bertz CT molecular complexity index is 284. The van der Waals surface area contributed by atoms with Gasteiger partial charge in [-0.05, 0) is 45.5 Å². The molecule has 0 radical (unpaired) electrons. The molecule has 0 bridgehead atoms. The lowest BCUT2D eigenvalue weighted by Gasteiger charge is -2.31. The van der Waals surface area contributed by atoms with Crippen LogP contribution >= 0.6 is 0 Å². The summed E-state index contributed by atoms with van der Waals surface area (Å²) in [5, 5.41) is 9.14. The minimum Gasteiger partial charge on any atom is -0.508 e. The fourth-order valence-electron chi connectivity index (χ4n) is 1.11. The third-order valence-corrected chi connectivity index (χ3v) is 2.50. The van der Waals surface area contributed by atoms with Crippen molar-refractivity contribution >= 4 is 0 Å². The highest BCUT2D eigenvalue weighted by Gasteiger charge is 2.16. The SMILES string of the molecule is CN(Cc1ccc(O)cc1)C(C)(C)C. The second-order valence-corrected chi connectivity index (χ2v) is 4.69. The number of nitrogens with zero attached hydrogens (tertiary/aromatic N) is 1. The van der Waals surface area contributed by atoms with Crippen molar-refractivity contribution < 1.29 is 5.11 Å². The van der Waals surface area contributed by atoms with E-state index in [1.807, 2.05) is 12.1 Å². The molecule has 0 saturated carbocycles. The number of aromatic hydroxyl groups is 1. The van der Waals surface area contributed by atoms with Gasteiger partial charge < -0.3 is 5.11 Å². The summed E-state index contributed by atoms with van der Waals surface area (Å²) in [7, 11) is 2.10. The molecule has 2 heteroatoms. The summed E-state index contributed by atoms with van der Waals surface area (Å²) < 4.78 is 0. The number of phenolic OH excluding ortho intramolecular Hbond substituents is 1. The minimum absolute atomic E-state index is 0.178. The van der Waals surface area contributed by atoms with Crippen molar-refractivity contribution in [2.45, 2.75) is 32.9 Å². The van der Waals surface area contributed by atoms with E-state index in [4.69, 9.17) is 5.11 Å². The third-order valence-electron chi connectivity index (χ3n) is 2.50. The van der Waals surface area contributed by atoms with Crippen LogP contribution in [-0.4, -0.2) is 22.6 Å². The molecule has 0 saturated heterocycles. The van der Waals surface area contributed by atoms with E-state index >= 15 is 0 Å². The minimum atomic E-state index is 0.178. The Balaban J connectivity index is 2.65. The van der Waals surface area contributed by atoms with Crippen LogP contribution in [0.3, 0.4) is 0 Å². The maximum atomic E-state index is 9.14. The third kappa shape index (κ3) is 3.04. The molecule has 78 valence electrons. The van der Waals surface area contributed by atoms with Gasteiger partial charge in [0.15, 0.2) is 0 Å². The second kappa shape index (κ2) is 4.01. The molecular formula is C12H19NO. The predicted octanol–water partition coefficient (Wildman–Crippen LogP) is 2.62. The van der Waals surface area contributed by atoms with Crippen molar-refractivity contribution in [3.05, 3.63) is 29.8 Å². The molecule has 0 aliphatic heterocycles. The van der Waals surface area contributed by atoms with Crippen molar-refractivity contribution in [1.82, 2.24) is 4.90 Å². The van der Waals surface area contributed by atoms with Gasteiger partial charge in [-0.2, -0.15) is 0 Å². The zero-order valence-corrected chi connectivity index (χ0v) is 9.41. The lowest BCUT2D eigenvalue weighted by Crippen LogP contribution is -2.37. The van der Waals surface area contributed by atoms with Gasteiger partial charge in [0, 0.05) is 12.1 Å². The van der Waals surface area contributed by atoms with Gasteiger partial charge in [-0.15, -0.1) is 0 Å². The number of hydrogen-bond acceptors (Lipinski definition) is 2. The second-order valence-electron chi connectivity index (χ2n) is 4.69. The summed E-state index contributed by atoms with van der Waals surface area (Å²) in [4.78, 5) is 2.28. The average Bonchev–Trinajstić information content (AvgIpc) is 2.07. The molecule has 1 aromatic carbocycles. The zero-order chi connectivity index (χ0) is 10.8. The van der Waals surface area contributed by atoms with Crippen molar-refractivity contribution in [2.75, 3.05) is 7.05 Å². The molecule has 0 unspecified atom stereocenters. The van der Waals surface area contributed by atoms with E-state index in [1.54, 1.807) is 12.1 Å². The highest BCUT2D eigenvalue weighted by molar-refractivity contribution is 5.25. The summed E-state index contributed by atoms with van der Waals surface area (Å²) in [6, 6.07) is 7.37. The van der Waals surface area contributed by atoms with Crippen LogP contribution in [0.2, 0.25) is 0 Å². The van der Waals surface area contributed by atoms with Gasteiger partial charge in [0.05, 0.1) is 0 Å². The van der Waals surface area contributed by atoms with Gasteiger partial charge in [-0.25, -0.2) is 0 Å². The molecule has 2 nitrogen and oxygen atoms in total. The van der Waals surface area contributed by atoms with Crippen molar-refractivity contribution in [3.8, 4) is 5.75 Å². The quantitative estimate of drug-likeness (QED) is 0.780. The Labute approximate surface area is 86.2 Å². The van der Waals surface area contributed by atoms with E-state index in [2.05, 4.69) is 32.7 Å². The molecule has 0 aliphatic carbocycles. The van der Waals surface area contributed by atoms with Crippen molar-refractivity contribution in [1.29, 1.82) is 0 Å². The summed E-state index contributed by atoms with van der Waals surface area (Å²) in [5.74, 6) is 0.326. The Morgan fingerprint density at radius 2 is 1.64 bits per heavy atom. The Kier molecular flexibility index (Phi) is 3.17. The molecule has 0 aliphatic rings. The van der Waals surface area contributed by atoms with Crippen LogP contribution in [0, 0.1) is 0 Å². The summed E-state index contributed by atoms with van der Waals surface area (Å²) in [6.45, 7) is 7.47. The highest BCUT2D eigenvalue weighted by atomic mass is 16.3. The molecule has 1 rings (SSSR count). The molecule has 0 amide bonds. The zero-order valence-electron chi connectivity index (χ0n) is 9.41. The van der Waals surface area contributed by atoms with Gasteiger partial charge in [0.2, 0.25) is 0 Å². The summed E-state index contributed by atoms with van der Waals surface area (Å²) in [6.07, 6.45) is 0. The van der Waals surface area contributed by atoms with E-state index < -0.39 is 0 Å². The number of phenols is 1. The molecule has 0 fully saturated rings. The maximum absolute atomic E-state index is 9.14. The van der Waals surface area contributed by atoms with E-state index in [1.165, 1.54) is 5.56 Å². The smallest absolute Gasteiger partial charge is 0.115 e. The van der Waals surface area contributed by atoms with Crippen molar-refractivity contribution in [3.63, 3.8) is 0 Å². The molecule has 1 N–H and O–H groups in total. The maximum Gasteiger partial charge on any atom is 0.115 e. The summed E-state index contributed by atoms with van der Waals surface area (Å²) >= 11 is 0. The summed E-state index contributed by atoms with van der Waals surface area (Å²) in [5.41, 5.74) is 1.40. The first-order valence-electron chi connectivity index (χ1n) is 4.89. The molecule has 14 heavy (non-hydrogen) atoms. The first kappa shape index (κ1) is 11.1. The molecule has 1 aromatic rings. The fraction of sp³-hybridized carbons (Fsp3) is 0.500. The van der Waals surface area contributed by atoms with E-state index in [9.17, 15) is 0 Å². The van der Waals surface area contributed by atoms with Crippen molar-refractivity contribution in [2.24, 2.45) is 0 Å². The van der Waals surface area contributed by atoms with Gasteiger partial charge in [-0.1, -0.05) is 12.1 Å². The lowest BCUT2D eigenvalue weighted by atomic mass is 10.1. The number of hydrogen-bond donors (Lipinski definition) is 1. The number of rotatable bonds is 2. The van der Waals surface area contributed by atoms with Gasteiger partial charge in [0.25, 0.3) is 0 Å². The predicted molar refractivity (Wildman–Crippen MR) is 59.3 cm³/mol. The first-order valence-corrected chi connectivity index (χ1v) is 4.89. The molecular weight excluding hydrogens is 174 g/mol. The van der Waals surface area contributed by atoms with E-state index in [0.29, 0.717) is 5.75 Å². The standard InChI is InChI=1S/C12H19NO/c1-12(2,3)13(4)9-10-5-7-11(14)8-6-10/h5-8,14H,9H2,1-4H3. The highest BCUT2D eigenvalue weighted by Crippen LogP contribution is 2.16. The average molecular weight is 193 g/mol. The van der Waals surface area contributed by atoms with Crippen LogP contribution in [0.15, 0.2) is 24.3 Å². The van der Waals surface area contributed by atoms with Gasteiger partial charge in [0.1, 0.15) is 5.75 Å². The monoisotopic (exact) mass is 193 g/mol. The van der Waals surface area contributed by atoms with E-state index in [0.717, 1.165) is 6.54 Å². The number of benzene rings is 1. The first-order chi connectivity index (χ1) is 6.39. The molecule has 0 heterocycles. The molecule has 0 aromatic heterocycles. The van der Waals surface area contributed by atoms with Crippen LogP contribution < -0.4 is 0 Å². The van der Waals surface area contributed by atoms with Crippen LogP contribution in [0.5, 0.6) is 5.75 Å². The van der Waals surface area contributed by atoms with Crippen LogP contribution in [-0.2, 0) is 6.54 Å². The van der Waals surface area contributed by atoms with E-state index in [-0.39, 0.29) is 5.54 Å². The molecule has 0 spiro atoms. The molecule has 0 atom stereocenters. The lowest BCUT2D eigenvalue weighted by molar-refractivity contribution is 0.167. The van der Waals surface area contributed by atoms with Crippen LogP contribution in [0.1, 0.15) is 26.3 Å². The fourth-order valence-corrected chi connectivity index (χ4v) is 1.11. The Morgan fingerprint density at radius 1 is 1.14 bits per heavy atom. The van der Waals surface area contributed by atoms with Gasteiger partial charge in [-0.3, -0.25) is 4.90 Å². The Hall–Kier alpha value is -1.02. The van der Waals surface area contributed by atoms with Crippen LogP contribution in [0.4, 0.5) is 0 Å². The topological polar surface area (TPSA) is 23.5 Å². The normalized spacial score (nSPS) is 12.1. The van der Waals surface area contributed by atoms with Crippen LogP contribution in [0.25, 0.3) is 0 Å². The Morgan fingerprint density at radius 3 is 2.07 bits per heavy atom. The van der Waals surface area contributed by atoms with Gasteiger partial charge >= 0.3 is 0 Å². The largest absolute Gasteiger partial charge is 0.508 e.